The number of aromatic nitrogens is 4. The van der Waals surface area contributed by atoms with E-state index in [0.717, 1.165) is 22.6 Å². The second kappa shape index (κ2) is 8.54. The molecule has 0 saturated heterocycles. The second-order valence-corrected chi connectivity index (χ2v) is 8.19. The number of nitrogen functional groups attached to an aromatic ring is 1. The minimum Gasteiger partial charge on any atom is -0.431 e. The van der Waals surface area contributed by atoms with Gasteiger partial charge < -0.3 is 15.1 Å². The van der Waals surface area contributed by atoms with E-state index in [2.05, 4.69) is 15.0 Å². The molecule has 2 aromatic carbocycles. The Morgan fingerprint density at radius 2 is 1.50 bits per heavy atom. The normalized spacial score (nSPS) is 12.0. The van der Waals surface area contributed by atoms with Crippen molar-refractivity contribution in [1.82, 2.24) is 19.9 Å². The number of nitrogens with two attached hydrogens (primary N) is 1. The van der Waals surface area contributed by atoms with E-state index in [1.165, 1.54) is 11.8 Å². The number of nitrogens with zero attached hydrogens (tertiary/aromatic N) is 5. The number of oxazole rings is 1. The third kappa shape index (κ3) is 4.28. The molecular weight excluding hydrogens is 396 g/mol. The highest BCUT2D eigenvalue weighted by Gasteiger charge is 2.21. The van der Waals surface area contributed by atoms with Crippen molar-refractivity contribution in [1.29, 1.82) is 0 Å². The number of hydrogen-bond acceptors (Lipinski definition) is 8. The summed E-state index contributed by atoms with van der Waals surface area (Å²) in [4.78, 5) is 19.5. The molecule has 7 nitrogen and oxygen atoms in total. The molecule has 4 rings (SSSR count). The molecule has 0 unspecified atom stereocenters. The Morgan fingerprint density at radius 1 is 0.867 bits per heavy atom. The van der Waals surface area contributed by atoms with Crippen molar-refractivity contribution in [2.45, 2.75) is 17.4 Å². The van der Waals surface area contributed by atoms with Crippen molar-refractivity contribution in [3.05, 3.63) is 66.5 Å². The summed E-state index contributed by atoms with van der Waals surface area (Å²) in [6.45, 7) is 1.99. The van der Waals surface area contributed by atoms with Gasteiger partial charge in [-0.25, -0.2) is 4.98 Å². The number of benzene rings is 2. The van der Waals surface area contributed by atoms with E-state index in [9.17, 15) is 0 Å². The topological polar surface area (TPSA) is 94.0 Å². The van der Waals surface area contributed by atoms with Gasteiger partial charge in [-0.15, -0.1) is 0 Å². The van der Waals surface area contributed by atoms with Gasteiger partial charge in [0.1, 0.15) is 11.5 Å². The van der Waals surface area contributed by atoms with Crippen molar-refractivity contribution < 1.29 is 4.42 Å². The van der Waals surface area contributed by atoms with E-state index in [1.54, 1.807) is 4.90 Å². The summed E-state index contributed by atoms with van der Waals surface area (Å²) in [6, 6.07) is 20.0. The molecule has 0 amide bonds. The third-order valence-corrected chi connectivity index (χ3v) is 5.33. The van der Waals surface area contributed by atoms with Gasteiger partial charge in [-0.3, -0.25) is 0 Å². The van der Waals surface area contributed by atoms with Crippen molar-refractivity contribution in [2.75, 3.05) is 24.7 Å². The fraction of sp³-hybridized carbons (Fsp3) is 0.182. The van der Waals surface area contributed by atoms with Gasteiger partial charge in [-0.05, 0) is 6.92 Å². The molecule has 2 N–H and O–H groups in total. The fourth-order valence-electron chi connectivity index (χ4n) is 2.91. The first kappa shape index (κ1) is 19.9. The maximum atomic E-state index is 6.19. The van der Waals surface area contributed by atoms with E-state index in [-0.39, 0.29) is 11.2 Å². The minimum absolute atomic E-state index is 0.125. The standard InChI is InChI=1S/C22H22N6OS/c1-14(19-25-20(23)27-21(26-19)28(2)3)30-22-24-17(15-10-6-4-7-11-15)18(29-22)16-12-8-5-9-13-16/h4-14H,1-3H3,(H2,23,25,26,27)/t14-/m1/s1. The number of anilines is 2. The molecule has 0 saturated carbocycles. The van der Waals surface area contributed by atoms with Crippen LogP contribution in [0.2, 0.25) is 0 Å². The predicted octanol–water partition coefficient (Wildman–Crippen LogP) is 4.70. The van der Waals surface area contributed by atoms with Gasteiger partial charge in [0.05, 0.1) is 5.25 Å². The van der Waals surface area contributed by atoms with Crippen LogP contribution >= 0.6 is 11.8 Å². The minimum atomic E-state index is -0.125. The Kier molecular flexibility index (Phi) is 5.67. The Morgan fingerprint density at radius 3 is 2.13 bits per heavy atom. The van der Waals surface area contributed by atoms with Crippen LogP contribution in [0.5, 0.6) is 0 Å². The molecular formula is C22H22N6OS. The summed E-state index contributed by atoms with van der Waals surface area (Å²) >= 11 is 1.45. The van der Waals surface area contributed by atoms with Crippen molar-refractivity contribution in [2.24, 2.45) is 0 Å². The van der Waals surface area contributed by atoms with E-state index in [4.69, 9.17) is 15.1 Å². The van der Waals surface area contributed by atoms with Crippen LogP contribution in [0.15, 0.2) is 70.3 Å². The van der Waals surface area contributed by atoms with Crippen LogP contribution in [-0.2, 0) is 0 Å². The van der Waals surface area contributed by atoms with Crippen LogP contribution in [0.3, 0.4) is 0 Å². The molecule has 0 aliphatic heterocycles. The first-order chi connectivity index (χ1) is 14.5. The zero-order valence-corrected chi connectivity index (χ0v) is 17.8. The maximum Gasteiger partial charge on any atom is 0.257 e. The number of thioether (sulfide) groups is 1. The average Bonchev–Trinajstić information content (AvgIpc) is 3.18. The molecule has 8 heteroatoms. The summed E-state index contributed by atoms with van der Waals surface area (Å²) in [6.07, 6.45) is 0. The van der Waals surface area contributed by atoms with Gasteiger partial charge in [0.2, 0.25) is 11.9 Å². The van der Waals surface area contributed by atoms with E-state index in [1.807, 2.05) is 81.7 Å². The molecule has 0 radical (unpaired) electrons. The first-order valence-electron chi connectivity index (χ1n) is 9.48. The van der Waals surface area contributed by atoms with Gasteiger partial charge in [0.15, 0.2) is 5.76 Å². The summed E-state index contributed by atoms with van der Waals surface area (Å²) in [5, 5.41) is 0.422. The molecule has 0 bridgehead atoms. The lowest BCUT2D eigenvalue weighted by Crippen LogP contribution is -2.16. The molecule has 0 aliphatic rings. The summed E-state index contributed by atoms with van der Waals surface area (Å²) in [5.41, 5.74) is 8.65. The highest BCUT2D eigenvalue weighted by atomic mass is 32.2. The Labute approximate surface area is 179 Å². The molecule has 0 fully saturated rings. The van der Waals surface area contributed by atoms with Crippen molar-refractivity contribution in [3.8, 4) is 22.6 Å². The van der Waals surface area contributed by atoms with Crippen LogP contribution in [0.25, 0.3) is 22.6 Å². The quantitative estimate of drug-likeness (QED) is 0.451. The molecule has 0 spiro atoms. The van der Waals surface area contributed by atoms with Gasteiger partial charge in [0.25, 0.3) is 5.22 Å². The van der Waals surface area contributed by atoms with Gasteiger partial charge in [-0.1, -0.05) is 72.4 Å². The largest absolute Gasteiger partial charge is 0.431 e. The summed E-state index contributed by atoms with van der Waals surface area (Å²) in [7, 11) is 3.73. The number of hydrogen-bond donors (Lipinski definition) is 1. The lowest BCUT2D eigenvalue weighted by atomic mass is 10.1. The van der Waals surface area contributed by atoms with Crippen molar-refractivity contribution in [3.63, 3.8) is 0 Å². The smallest absolute Gasteiger partial charge is 0.257 e. The highest BCUT2D eigenvalue weighted by Crippen LogP contribution is 2.39. The third-order valence-electron chi connectivity index (χ3n) is 4.39. The SMILES string of the molecule is C[C@@H](Sc1nc(-c2ccccc2)c(-c2ccccc2)o1)c1nc(N)nc(N(C)C)n1. The van der Waals surface area contributed by atoms with Crippen LogP contribution in [0.4, 0.5) is 11.9 Å². The molecule has 2 heterocycles. The van der Waals surface area contributed by atoms with Crippen molar-refractivity contribution >= 4 is 23.7 Å². The zero-order valence-electron chi connectivity index (χ0n) is 17.0. The Balaban J connectivity index is 1.69. The molecule has 152 valence electrons. The molecule has 30 heavy (non-hydrogen) atoms. The fourth-order valence-corrected chi connectivity index (χ4v) is 3.70. The molecule has 0 aliphatic carbocycles. The molecule has 1 atom stereocenters. The van der Waals surface area contributed by atoms with Crippen LogP contribution in [-0.4, -0.2) is 34.0 Å². The van der Waals surface area contributed by atoms with Crippen LogP contribution < -0.4 is 10.6 Å². The average molecular weight is 419 g/mol. The lowest BCUT2D eigenvalue weighted by Gasteiger charge is -2.13. The van der Waals surface area contributed by atoms with E-state index in [0.29, 0.717) is 17.0 Å². The summed E-state index contributed by atoms with van der Waals surface area (Å²) in [5.74, 6) is 2.03. The van der Waals surface area contributed by atoms with Gasteiger partial charge >= 0.3 is 0 Å². The first-order valence-corrected chi connectivity index (χ1v) is 10.4. The summed E-state index contributed by atoms with van der Waals surface area (Å²) < 4.78 is 6.19. The van der Waals surface area contributed by atoms with E-state index >= 15 is 0 Å². The van der Waals surface area contributed by atoms with Crippen LogP contribution in [0, 0.1) is 0 Å². The van der Waals surface area contributed by atoms with Crippen LogP contribution in [0.1, 0.15) is 18.0 Å². The van der Waals surface area contributed by atoms with Gasteiger partial charge in [0, 0.05) is 25.2 Å². The molecule has 4 aromatic rings. The highest BCUT2D eigenvalue weighted by molar-refractivity contribution is 7.99. The molecule has 2 aromatic heterocycles. The Hall–Kier alpha value is -3.39. The maximum absolute atomic E-state index is 6.19. The van der Waals surface area contributed by atoms with Gasteiger partial charge in [-0.2, -0.15) is 15.0 Å². The monoisotopic (exact) mass is 418 g/mol. The number of rotatable bonds is 6. The second-order valence-electron chi connectivity index (χ2n) is 6.90. The zero-order chi connectivity index (χ0) is 21.1. The van der Waals surface area contributed by atoms with E-state index < -0.39 is 0 Å². The predicted molar refractivity (Wildman–Crippen MR) is 120 cm³/mol. The Bertz CT molecular complexity index is 1070. The lowest BCUT2D eigenvalue weighted by molar-refractivity contribution is 0.465.